The third-order valence-corrected chi connectivity index (χ3v) is 2.92. The summed E-state index contributed by atoms with van der Waals surface area (Å²) in [5.74, 6) is -3.29. The van der Waals surface area contributed by atoms with Crippen molar-refractivity contribution < 1.29 is 13.2 Å². The van der Waals surface area contributed by atoms with E-state index in [1.807, 2.05) is 4.90 Å². The van der Waals surface area contributed by atoms with Gasteiger partial charge >= 0.3 is 0 Å². The summed E-state index contributed by atoms with van der Waals surface area (Å²) in [6.07, 6.45) is 0. The van der Waals surface area contributed by atoms with E-state index < -0.39 is 17.5 Å². The van der Waals surface area contributed by atoms with Crippen LogP contribution in [-0.2, 0) is 0 Å². The van der Waals surface area contributed by atoms with E-state index in [0.717, 1.165) is 25.2 Å². The second kappa shape index (κ2) is 4.96. The molecule has 2 rings (SSSR count). The fourth-order valence-corrected chi connectivity index (χ4v) is 2.05. The maximum absolute atomic E-state index is 13.1. The first-order valence-electron chi connectivity index (χ1n) is 5.68. The van der Waals surface area contributed by atoms with Gasteiger partial charge in [-0.2, -0.15) is 0 Å². The van der Waals surface area contributed by atoms with Gasteiger partial charge in [0.2, 0.25) is 0 Å². The Morgan fingerprint density at radius 3 is 2.53 bits per heavy atom. The molecule has 1 N–H and O–H groups in total. The molecule has 0 bridgehead atoms. The molecule has 1 aliphatic rings. The maximum atomic E-state index is 13.1. The number of nitrogens with one attached hydrogen (secondary N) is 1. The Morgan fingerprint density at radius 1 is 1.24 bits per heavy atom. The summed E-state index contributed by atoms with van der Waals surface area (Å²) in [6, 6.07) is 2.10. The molecule has 17 heavy (non-hydrogen) atoms. The molecule has 1 unspecified atom stereocenters. The van der Waals surface area contributed by atoms with Gasteiger partial charge in [0.25, 0.3) is 0 Å². The molecule has 0 spiro atoms. The minimum atomic E-state index is -1.41. The molecule has 0 amide bonds. The number of benzene rings is 1. The van der Waals surface area contributed by atoms with E-state index in [1.165, 1.54) is 0 Å². The van der Waals surface area contributed by atoms with Crippen LogP contribution < -0.4 is 10.2 Å². The Balaban J connectivity index is 2.26. The SMILES string of the molecule is CC1CNCCN(c2cc(F)c(F)c(F)c2)C1. The van der Waals surface area contributed by atoms with Crippen LogP contribution in [0.5, 0.6) is 0 Å². The quantitative estimate of drug-likeness (QED) is 0.761. The zero-order chi connectivity index (χ0) is 12.4. The van der Waals surface area contributed by atoms with Crippen molar-refractivity contribution in [3.8, 4) is 0 Å². The number of nitrogens with zero attached hydrogens (tertiary/aromatic N) is 1. The van der Waals surface area contributed by atoms with Crippen molar-refractivity contribution in [2.75, 3.05) is 31.1 Å². The molecule has 1 atom stereocenters. The Labute approximate surface area is 98.4 Å². The van der Waals surface area contributed by atoms with Gasteiger partial charge in [-0.05, 0) is 12.5 Å². The second-order valence-electron chi connectivity index (χ2n) is 4.48. The molecule has 1 saturated heterocycles. The van der Waals surface area contributed by atoms with E-state index in [-0.39, 0.29) is 0 Å². The van der Waals surface area contributed by atoms with Gasteiger partial charge in [-0.25, -0.2) is 13.2 Å². The smallest absolute Gasteiger partial charge is 0.194 e. The summed E-state index contributed by atoms with van der Waals surface area (Å²) < 4.78 is 39.1. The zero-order valence-electron chi connectivity index (χ0n) is 9.64. The average molecular weight is 244 g/mol. The summed E-state index contributed by atoms with van der Waals surface area (Å²) >= 11 is 0. The molecule has 1 heterocycles. The van der Waals surface area contributed by atoms with Crippen molar-refractivity contribution in [1.29, 1.82) is 0 Å². The molecule has 1 fully saturated rings. The first kappa shape index (κ1) is 12.2. The first-order valence-corrected chi connectivity index (χ1v) is 5.68. The highest BCUT2D eigenvalue weighted by Gasteiger charge is 2.18. The van der Waals surface area contributed by atoms with Crippen LogP contribution in [0.1, 0.15) is 6.92 Å². The van der Waals surface area contributed by atoms with E-state index in [0.29, 0.717) is 24.7 Å². The lowest BCUT2D eigenvalue weighted by molar-refractivity contribution is 0.446. The molecule has 1 aromatic carbocycles. The number of hydrogen-bond donors (Lipinski definition) is 1. The van der Waals surface area contributed by atoms with Crippen LogP contribution in [0.2, 0.25) is 0 Å². The van der Waals surface area contributed by atoms with Gasteiger partial charge in [0, 0.05) is 37.5 Å². The largest absolute Gasteiger partial charge is 0.370 e. The van der Waals surface area contributed by atoms with Crippen molar-refractivity contribution in [3.63, 3.8) is 0 Å². The standard InChI is InChI=1S/C12H15F3N2/c1-8-6-16-2-3-17(7-8)9-4-10(13)12(15)11(14)5-9/h4-5,8,16H,2-3,6-7H2,1H3. The summed E-state index contributed by atoms with van der Waals surface area (Å²) in [5.41, 5.74) is 0.400. The van der Waals surface area contributed by atoms with Crippen LogP contribution >= 0.6 is 0 Å². The van der Waals surface area contributed by atoms with Gasteiger partial charge in [-0.15, -0.1) is 0 Å². The highest BCUT2D eigenvalue weighted by atomic mass is 19.2. The van der Waals surface area contributed by atoms with Crippen molar-refractivity contribution in [2.24, 2.45) is 5.92 Å². The van der Waals surface area contributed by atoms with Crippen LogP contribution in [0.25, 0.3) is 0 Å². The van der Waals surface area contributed by atoms with Crippen molar-refractivity contribution in [2.45, 2.75) is 6.92 Å². The van der Waals surface area contributed by atoms with Crippen LogP contribution in [0.3, 0.4) is 0 Å². The Morgan fingerprint density at radius 2 is 1.88 bits per heavy atom. The third kappa shape index (κ3) is 2.72. The topological polar surface area (TPSA) is 15.3 Å². The van der Waals surface area contributed by atoms with Gasteiger partial charge < -0.3 is 10.2 Å². The lowest BCUT2D eigenvalue weighted by Gasteiger charge is -2.24. The van der Waals surface area contributed by atoms with Crippen LogP contribution in [0.4, 0.5) is 18.9 Å². The normalized spacial score (nSPS) is 21.4. The fourth-order valence-electron chi connectivity index (χ4n) is 2.05. The molecular weight excluding hydrogens is 229 g/mol. The predicted molar refractivity (Wildman–Crippen MR) is 60.6 cm³/mol. The highest BCUT2D eigenvalue weighted by molar-refractivity contribution is 5.47. The second-order valence-corrected chi connectivity index (χ2v) is 4.48. The number of hydrogen-bond acceptors (Lipinski definition) is 2. The number of rotatable bonds is 1. The molecule has 0 radical (unpaired) electrons. The highest BCUT2D eigenvalue weighted by Crippen LogP contribution is 2.22. The van der Waals surface area contributed by atoms with E-state index >= 15 is 0 Å². The molecule has 2 nitrogen and oxygen atoms in total. The molecule has 0 aromatic heterocycles. The summed E-state index contributed by atoms with van der Waals surface area (Å²) in [5, 5.41) is 3.23. The number of halogens is 3. The zero-order valence-corrected chi connectivity index (χ0v) is 9.64. The Hall–Kier alpha value is -1.23. The average Bonchev–Trinajstić information content (AvgIpc) is 2.50. The lowest BCUT2D eigenvalue weighted by atomic mass is 10.1. The summed E-state index contributed by atoms with van der Waals surface area (Å²) in [4.78, 5) is 1.87. The van der Waals surface area contributed by atoms with Crippen LogP contribution in [0.15, 0.2) is 12.1 Å². The van der Waals surface area contributed by atoms with Crippen molar-refractivity contribution in [3.05, 3.63) is 29.6 Å². The van der Waals surface area contributed by atoms with Crippen LogP contribution in [0, 0.1) is 23.4 Å². The molecule has 94 valence electrons. The van der Waals surface area contributed by atoms with Gasteiger partial charge in [-0.1, -0.05) is 6.92 Å². The predicted octanol–water partition coefficient (Wildman–Crippen LogP) is 2.15. The minimum absolute atomic E-state index is 0.383. The van der Waals surface area contributed by atoms with Gasteiger partial charge in [0.05, 0.1) is 0 Å². The summed E-state index contributed by atoms with van der Waals surface area (Å²) in [7, 11) is 0. The van der Waals surface area contributed by atoms with Gasteiger partial charge in [-0.3, -0.25) is 0 Å². The Kier molecular flexibility index (Phi) is 3.57. The molecular formula is C12H15F3N2. The number of anilines is 1. The van der Waals surface area contributed by atoms with E-state index in [9.17, 15) is 13.2 Å². The first-order chi connectivity index (χ1) is 8.08. The van der Waals surface area contributed by atoms with Crippen LogP contribution in [-0.4, -0.2) is 26.2 Å². The third-order valence-electron chi connectivity index (χ3n) is 2.92. The summed E-state index contributed by atoms with van der Waals surface area (Å²) in [6.45, 7) is 5.06. The molecule has 0 aliphatic carbocycles. The minimum Gasteiger partial charge on any atom is -0.370 e. The van der Waals surface area contributed by atoms with Crippen molar-refractivity contribution >= 4 is 5.69 Å². The molecule has 1 aliphatic heterocycles. The van der Waals surface area contributed by atoms with Gasteiger partial charge in [0.1, 0.15) is 0 Å². The monoisotopic (exact) mass is 244 g/mol. The Bertz CT molecular complexity index is 386. The fraction of sp³-hybridized carbons (Fsp3) is 0.500. The van der Waals surface area contributed by atoms with E-state index in [2.05, 4.69) is 12.2 Å². The maximum Gasteiger partial charge on any atom is 0.194 e. The molecule has 1 aromatic rings. The molecule has 0 saturated carbocycles. The van der Waals surface area contributed by atoms with E-state index in [4.69, 9.17) is 0 Å². The van der Waals surface area contributed by atoms with E-state index in [1.54, 1.807) is 0 Å². The molecule has 5 heteroatoms. The van der Waals surface area contributed by atoms with Crippen molar-refractivity contribution in [1.82, 2.24) is 5.32 Å². The van der Waals surface area contributed by atoms with Gasteiger partial charge in [0.15, 0.2) is 17.5 Å². The lowest BCUT2D eigenvalue weighted by Crippen LogP contribution is -2.29.